The molecule has 0 aliphatic carbocycles. The van der Waals surface area contributed by atoms with Crippen LogP contribution in [-0.2, 0) is 22.6 Å². The molecule has 0 bridgehead atoms. The van der Waals surface area contributed by atoms with Gasteiger partial charge in [-0.25, -0.2) is 22.0 Å². The number of aliphatic hydroxyl groups is 1. The molecule has 5 aromatic rings. The Labute approximate surface area is 285 Å². The molecule has 0 radical (unpaired) electrons. The Kier molecular flexibility index (Phi) is 10.4. The Bertz CT molecular complexity index is 1950. The van der Waals surface area contributed by atoms with E-state index in [4.69, 9.17) is 9.47 Å². The Morgan fingerprint density at radius 3 is 2.08 bits per heavy atom. The average Bonchev–Trinajstić information content (AvgIpc) is 3.61. The maximum absolute atomic E-state index is 14.1. The van der Waals surface area contributed by atoms with Gasteiger partial charge in [-0.3, -0.25) is 4.79 Å². The zero-order valence-electron chi connectivity index (χ0n) is 26.1. The molecule has 1 amide bonds. The van der Waals surface area contributed by atoms with E-state index < -0.39 is 53.0 Å². The van der Waals surface area contributed by atoms with Crippen LogP contribution >= 0.6 is 11.8 Å². The Morgan fingerprint density at radius 2 is 1.44 bits per heavy atom. The average molecular weight is 714 g/mol. The van der Waals surface area contributed by atoms with Crippen molar-refractivity contribution in [1.29, 1.82) is 0 Å². The molecule has 50 heavy (non-hydrogen) atoms. The fraction of sp³-hybridized carbons (Fsp3) is 0.235. The lowest BCUT2D eigenvalue weighted by Crippen LogP contribution is -2.38. The molecule has 0 saturated carbocycles. The van der Waals surface area contributed by atoms with Gasteiger partial charge in [-0.15, -0.1) is 5.10 Å². The predicted octanol–water partition coefficient (Wildman–Crippen LogP) is 6.07. The van der Waals surface area contributed by atoms with Gasteiger partial charge in [0.05, 0.1) is 24.5 Å². The third-order valence-corrected chi connectivity index (χ3v) is 9.19. The number of thioether (sulfide) groups is 1. The summed E-state index contributed by atoms with van der Waals surface area (Å²) in [5.41, 5.74) is 1.74. The molecule has 1 aromatic heterocycles. The largest absolute Gasteiger partial charge is 0.508 e. The summed E-state index contributed by atoms with van der Waals surface area (Å²) in [7, 11) is 0. The maximum atomic E-state index is 14.1. The van der Waals surface area contributed by atoms with Crippen LogP contribution in [0, 0.1) is 35.0 Å². The molecule has 1 saturated heterocycles. The lowest BCUT2D eigenvalue weighted by Gasteiger charge is -2.41. The molecule has 4 unspecified atom stereocenters. The number of nitrogens with one attached hydrogen (secondary N) is 1. The first-order valence-corrected chi connectivity index (χ1v) is 16.1. The number of benzene rings is 4. The van der Waals surface area contributed by atoms with Crippen LogP contribution in [0.1, 0.15) is 51.9 Å². The van der Waals surface area contributed by atoms with Crippen molar-refractivity contribution < 1.29 is 46.4 Å². The number of aromatic nitrogens is 4. The number of carbonyl (C=O) groups excluding carboxylic acids is 1. The fourth-order valence-corrected chi connectivity index (χ4v) is 6.41. The van der Waals surface area contributed by atoms with Crippen molar-refractivity contribution in [3.05, 3.63) is 130 Å². The molecule has 1 aliphatic heterocycles. The Balaban J connectivity index is 1.19. The Hall–Kier alpha value is -4.90. The van der Waals surface area contributed by atoms with Crippen LogP contribution in [0.25, 0.3) is 5.69 Å². The molecule has 1 aliphatic rings. The minimum atomic E-state index is -2.35. The summed E-state index contributed by atoms with van der Waals surface area (Å²) in [6.07, 6.45) is -1.67. The third-order valence-electron chi connectivity index (χ3n) is 8.18. The first-order valence-electron chi connectivity index (χ1n) is 15.1. The zero-order chi connectivity index (χ0) is 35.5. The van der Waals surface area contributed by atoms with Gasteiger partial charge in [-0.2, -0.15) is 4.68 Å². The number of phenolic OH excluding ortho intramolecular Hbond substituents is 1. The summed E-state index contributed by atoms with van der Waals surface area (Å²) in [5, 5.41) is 33.9. The van der Waals surface area contributed by atoms with Crippen molar-refractivity contribution in [2.75, 3.05) is 5.75 Å². The van der Waals surface area contributed by atoms with E-state index in [1.165, 1.54) is 23.9 Å². The van der Waals surface area contributed by atoms with E-state index in [-0.39, 0.29) is 30.9 Å². The Morgan fingerprint density at radius 1 is 0.840 bits per heavy atom. The SMILES string of the molecule is CC1C(CSc2nnnn2-c2ccc(O)cc2)OC(c2ccc(CNC(=O)c3c(F)c(F)c(F)c(F)c3F)cc2)OC1c1ccc(CO)cc1. The molecule has 260 valence electrons. The van der Waals surface area contributed by atoms with E-state index in [0.717, 1.165) is 11.1 Å². The van der Waals surface area contributed by atoms with Crippen LogP contribution < -0.4 is 5.32 Å². The maximum Gasteiger partial charge on any atom is 0.257 e. The molecular formula is C34H28F5N5O5S. The van der Waals surface area contributed by atoms with Crippen molar-refractivity contribution in [2.45, 2.75) is 43.7 Å². The minimum Gasteiger partial charge on any atom is -0.508 e. The van der Waals surface area contributed by atoms with E-state index >= 15 is 0 Å². The van der Waals surface area contributed by atoms with E-state index in [9.17, 15) is 37.0 Å². The van der Waals surface area contributed by atoms with E-state index in [0.29, 0.717) is 27.7 Å². The smallest absolute Gasteiger partial charge is 0.257 e. The molecule has 16 heteroatoms. The van der Waals surface area contributed by atoms with Gasteiger partial charge < -0.3 is 25.0 Å². The number of hydrogen-bond donors (Lipinski definition) is 3. The highest BCUT2D eigenvalue weighted by atomic mass is 32.2. The first-order chi connectivity index (χ1) is 24.0. The van der Waals surface area contributed by atoms with Crippen molar-refractivity contribution >= 4 is 17.7 Å². The molecule has 0 spiro atoms. The predicted molar refractivity (Wildman–Crippen MR) is 168 cm³/mol. The second-order valence-corrected chi connectivity index (χ2v) is 12.4. The van der Waals surface area contributed by atoms with Crippen LogP contribution in [0.3, 0.4) is 0 Å². The summed E-state index contributed by atoms with van der Waals surface area (Å²) in [5.74, 6) is -12.3. The minimum absolute atomic E-state index is 0.103. The summed E-state index contributed by atoms with van der Waals surface area (Å²) in [6, 6.07) is 20.3. The molecular weight excluding hydrogens is 685 g/mol. The fourth-order valence-electron chi connectivity index (χ4n) is 5.36. The molecule has 4 aromatic carbocycles. The normalized spacial score (nSPS) is 19.0. The number of carbonyl (C=O) groups is 1. The highest BCUT2D eigenvalue weighted by Gasteiger charge is 2.39. The number of ether oxygens (including phenoxy) is 2. The van der Waals surface area contributed by atoms with Gasteiger partial charge in [0.1, 0.15) is 11.3 Å². The number of amides is 1. The van der Waals surface area contributed by atoms with Crippen LogP contribution in [0.2, 0.25) is 0 Å². The number of hydrogen-bond acceptors (Lipinski definition) is 9. The summed E-state index contributed by atoms with van der Waals surface area (Å²) in [6.45, 7) is 1.60. The lowest BCUT2D eigenvalue weighted by molar-refractivity contribution is -0.268. The van der Waals surface area contributed by atoms with Crippen LogP contribution in [0.4, 0.5) is 22.0 Å². The molecule has 1 fully saturated rings. The second kappa shape index (κ2) is 14.9. The van der Waals surface area contributed by atoms with Crippen LogP contribution in [-0.4, -0.2) is 48.2 Å². The third kappa shape index (κ3) is 7.19. The quantitative estimate of drug-likeness (QED) is 0.0684. The van der Waals surface area contributed by atoms with Crippen molar-refractivity contribution in [3.63, 3.8) is 0 Å². The van der Waals surface area contributed by atoms with Gasteiger partial charge >= 0.3 is 0 Å². The zero-order valence-corrected chi connectivity index (χ0v) is 26.9. The molecule has 4 atom stereocenters. The summed E-state index contributed by atoms with van der Waals surface area (Å²) >= 11 is 1.37. The number of halogens is 5. The lowest BCUT2D eigenvalue weighted by atomic mass is 9.91. The molecule has 3 N–H and O–H groups in total. The summed E-state index contributed by atoms with van der Waals surface area (Å²) in [4.78, 5) is 12.4. The number of aromatic hydroxyl groups is 1. The number of tetrazole rings is 1. The number of aliphatic hydroxyl groups excluding tert-OH is 1. The number of nitrogens with zero attached hydrogens (tertiary/aromatic N) is 4. The number of phenols is 1. The summed E-state index contributed by atoms with van der Waals surface area (Å²) < 4.78 is 83.2. The van der Waals surface area contributed by atoms with Crippen molar-refractivity contribution in [2.24, 2.45) is 5.92 Å². The van der Waals surface area contributed by atoms with E-state index in [1.54, 1.807) is 53.2 Å². The topological polar surface area (TPSA) is 132 Å². The van der Waals surface area contributed by atoms with E-state index in [1.807, 2.05) is 19.1 Å². The monoisotopic (exact) mass is 713 g/mol. The molecule has 6 rings (SSSR count). The molecule has 10 nitrogen and oxygen atoms in total. The van der Waals surface area contributed by atoms with Crippen LogP contribution in [0.15, 0.2) is 78.0 Å². The highest BCUT2D eigenvalue weighted by Crippen LogP contribution is 2.43. The van der Waals surface area contributed by atoms with Crippen molar-refractivity contribution in [3.8, 4) is 11.4 Å². The van der Waals surface area contributed by atoms with Gasteiger partial charge in [-0.05, 0) is 51.4 Å². The van der Waals surface area contributed by atoms with E-state index in [2.05, 4.69) is 20.8 Å². The highest BCUT2D eigenvalue weighted by molar-refractivity contribution is 7.99. The van der Waals surface area contributed by atoms with Crippen LogP contribution in [0.5, 0.6) is 5.75 Å². The number of rotatable bonds is 10. The first kappa shape index (κ1) is 34.9. The van der Waals surface area contributed by atoms with Gasteiger partial charge in [0.25, 0.3) is 5.91 Å². The van der Waals surface area contributed by atoms with Gasteiger partial charge in [0.2, 0.25) is 11.0 Å². The second-order valence-electron chi connectivity index (χ2n) is 11.4. The van der Waals surface area contributed by atoms with Gasteiger partial charge in [0, 0.05) is 23.8 Å². The van der Waals surface area contributed by atoms with Gasteiger partial charge in [-0.1, -0.05) is 67.2 Å². The standard InChI is InChI=1S/C34H28F5N5O5S/c1-17-24(16-50-34-41-42-43-44(34)22-10-12-23(46)13-11-22)48-33(49-31(17)20-6-4-19(15-45)5-7-20)21-8-2-18(3-9-21)14-40-32(47)25-26(35)28(37)30(39)29(38)27(25)36/h2-13,17,24,31,33,45-46H,14-16H2,1H3,(H,40,47). The van der Waals surface area contributed by atoms with Crippen molar-refractivity contribution in [1.82, 2.24) is 25.5 Å². The van der Waals surface area contributed by atoms with Gasteiger partial charge in [0.15, 0.2) is 29.6 Å². The molecule has 2 heterocycles.